The molecule has 0 saturated carbocycles. The van der Waals surface area contributed by atoms with E-state index in [2.05, 4.69) is 9.88 Å². The van der Waals surface area contributed by atoms with Gasteiger partial charge in [0.2, 0.25) is 0 Å². The van der Waals surface area contributed by atoms with Crippen LogP contribution in [0.3, 0.4) is 0 Å². The van der Waals surface area contributed by atoms with Crippen LogP contribution < -0.4 is 4.90 Å². The Morgan fingerprint density at radius 3 is 2.48 bits per heavy atom. The minimum absolute atomic E-state index is 0.117. The summed E-state index contributed by atoms with van der Waals surface area (Å²) in [5.41, 5.74) is -0.758. The Morgan fingerprint density at radius 2 is 1.91 bits per heavy atom. The van der Waals surface area contributed by atoms with Crippen LogP contribution in [0.4, 0.5) is 19.0 Å². The first-order valence-electron chi connectivity index (χ1n) is 7.33. The lowest BCUT2D eigenvalue weighted by atomic mass is 10.2. The van der Waals surface area contributed by atoms with Crippen molar-refractivity contribution >= 4 is 15.7 Å². The van der Waals surface area contributed by atoms with Gasteiger partial charge in [0.25, 0.3) is 0 Å². The molecule has 1 fully saturated rings. The van der Waals surface area contributed by atoms with E-state index in [1.807, 2.05) is 4.90 Å². The molecular weight excluding hydrogens is 331 g/mol. The van der Waals surface area contributed by atoms with Gasteiger partial charge in [0.15, 0.2) is 0 Å². The molecule has 1 aromatic heterocycles. The quantitative estimate of drug-likeness (QED) is 0.826. The summed E-state index contributed by atoms with van der Waals surface area (Å²) in [4.78, 5) is 7.90. The Kier molecular flexibility index (Phi) is 5.51. The van der Waals surface area contributed by atoms with Crippen molar-refractivity contribution in [2.24, 2.45) is 0 Å². The van der Waals surface area contributed by atoms with E-state index in [4.69, 9.17) is 0 Å². The lowest BCUT2D eigenvalue weighted by Gasteiger charge is -2.22. The van der Waals surface area contributed by atoms with Crippen LogP contribution >= 0.6 is 0 Å². The van der Waals surface area contributed by atoms with E-state index in [9.17, 15) is 21.6 Å². The number of hydrogen-bond acceptors (Lipinski definition) is 5. The molecule has 0 amide bonds. The Bertz CT molecular complexity index is 617. The van der Waals surface area contributed by atoms with Gasteiger partial charge in [-0.2, -0.15) is 13.2 Å². The molecule has 1 saturated heterocycles. The summed E-state index contributed by atoms with van der Waals surface area (Å²) in [5, 5.41) is 0. The summed E-state index contributed by atoms with van der Waals surface area (Å²) >= 11 is 0. The fraction of sp³-hybridized carbons (Fsp3) is 0.643. The molecule has 1 aromatic rings. The molecule has 130 valence electrons. The number of sulfone groups is 1. The predicted molar refractivity (Wildman–Crippen MR) is 82.2 cm³/mol. The standard InChI is InChI=1S/C14H20F3N3O2S/c1-23(21,22)10-9-19-5-2-6-20(8-7-19)13-4-3-12(11-18-13)14(15,16)17/h3-4,11H,2,5-10H2,1H3. The second-order valence-corrected chi connectivity index (χ2v) is 7.97. The van der Waals surface area contributed by atoms with E-state index >= 15 is 0 Å². The molecule has 0 unspecified atom stereocenters. The van der Waals surface area contributed by atoms with E-state index in [1.165, 1.54) is 12.3 Å². The molecule has 1 aliphatic rings. The summed E-state index contributed by atoms with van der Waals surface area (Å²) in [6, 6.07) is 2.42. The largest absolute Gasteiger partial charge is 0.417 e. The molecule has 0 atom stereocenters. The van der Waals surface area contributed by atoms with Gasteiger partial charge in [-0.25, -0.2) is 13.4 Å². The lowest BCUT2D eigenvalue weighted by Crippen LogP contribution is -2.34. The maximum Gasteiger partial charge on any atom is 0.417 e. The van der Waals surface area contributed by atoms with E-state index in [-0.39, 0.29) is 5.75 Å². The Balaban J connectivity index is 1.95. The molecule has 23 heavy (non-hydrogen) atoms. The summed E-state index contributed by atoms with van der Waals surface area (Å²) in [6.07, 6.45) is -1.51. The first-order valence-corrected chi connectivity index (χ1v) is 9.39. The van der Waals surface area contributed by atoms with Crippen molar-refractivity contribution in [2.45, 2.75) is 12.6 Å². The van der Waals surface area contributed by atoms with Crippen molar-refractivity contribution < 1.29 is 21.6 Å². The zero-order valence-corrected chi connectivity index (χ0v) is 13.7. The van der Waals surface area contributed by atoms with Crippen LogP contribution in [0, 0.1) is 0 Å². The highest BCUT2D eigenvalue weighted by Crippen LogP contribution is 2.29. The minimum Gasteiger partial charge on any atom is -0.355 e. The van der Waals surface area contributed by atoms with Crippen molar-refractivity contribution in [2.75, 3.05) is 49.6 Å². The molecular formula is C14H20F3N3O2S. The first-order chi connectivity index (χ1) is 10.6. The lowest BCUT2D eigenvalue weighted by molar-refractivity contribution is -0.137. The average Bonchev–Trinajstić information content (AvgIpc) is 2.69. The maximum atomic E-state index is 12.5. The Hall–Kier alpha value is -1.35. The zero-order valence-electron chi connectivity index (χ0n) is 12.9. The molecule has 0 N–H and O–H groups in total. The van der Waals surface area contributed by atoms with Crippen molar-refractivity contribution in [1.82, 2.24) is 9.88 Å². The van der Waals surface area contributed by atoms with Gasteiger partial charge in [-0.05, 0) is 25.1 Å². The summed E-state index contributed by atoms with van der Waals surface area (Å²) in [5.74, 6) is 0.633. The Labute approximate surface area is 134 Å². The van der Waals surface area contributed by atoms with Gasteiger partial charge in [-0.15, -0.1) is 0 Å². The number of hydrogen-bond donors (Lipinski definition) is 0. The summed E-state index contributed by atoms with van der Waals surface area (Å²) in [6.45, 7) is 3.22. The average molecular weight is 351 g/mol. The van der Waals surface area contributed by atoms with Crippen LogP contribution in [0.15, 0.2) is 18.3 Å². The highest BCUT2D eigenvalue weighted by molar-refractivity contribution is 7.90. The van der Waals surface area contributed by atoms with Crippen LogP contribution in [0.1, 0.15) is 12.0 Å². The predicted octanol–water partition coefficient (Wildman–Crippen LogP) is 1.66. The molecule has 9 heteroatoms. The monoisotopic (exact) mass is 351 g/mol. The third kappa shape index (κ3) is 5.65. The van der Waals surface area contributed by atoms with Gasteiger partial charge in [-0.3, -0.25) is 0 Å². The summed E-state index contributed by atoms with van der Waals surface area (Å²) < 4.78 is 60.1. The molecule has 0 spiro atoms. The van der Waals surface area contributed by atoms with E-state index in [0.717, 1.165) is 25.2 Å². The number of pyridine rings is 1. The fourth-order valence-corrected chi connectivity index (χ4v) is 3.05. The summed E-state index contributed by atoms with van der Waals surface area (Å²) in [7, 11) is -2.99. The highest BCUT2D eigenvalue weighted by Gasteiger charge is 2.31. The third-order valence-corrected chi connectivity index (χ3v) is 4.69. The smallest absolute Gasteiger partial charge is 0.355 e. The van der Waals surface area contributed by atoms with Gasteiger partial charge in [-0.1, -0.05) is 0 Å². The molecule has 0 radical (unpaired) electrons. The van der Waals surface area contributed by atoms with Crippen molar-refractivity contribution in [3.05, 3.63) is 23.9 Å². The zero-order chi connectivity index (χ0) is 17.1. The first kappa shape index (κ1) is 18.0. The molecule has 0 aromatic carbocycles. The van der Waals surface area contributed by atoms with E-state index < -0.39 is 21.6 Å². The van der Waals surface area contributed by atoms with Crippen LogP contribution in [-0.4, -0.2) is 63.0 Å². The number of rotatable bonds is 4. The van der Waals surface area contributed by atoms with Crippen LogP contribution in [-0.2, 0) is 16.0 Å². The maximum absolute atomic E-state index is 12.5. The third-order valence-electron chi connectivity index (χ3n) is 3.77. The van der Waals surface area contributed by atoms with Gasteiger partial charge in [0.1, 0.15) is 15.7 Å². The number of aromatic nitrogens is 1. The normalized spacial score (nSPS) is 18.0. The SMILES string of the molecule is CS(=O)(=O)CCN1CCCN(c2ccc(C(F)(F)F)cn2)CC1. The molecule has 5 nitrogen and oxygen atoms in total. The van der Waals surface area contributed by atoms with Gasteiger partial charge < -0.3 is 9.80 Å². The van der Waals surface area contributed by atoms with Crippen LogP contribution in [0.5, 0.6) is 0 Å². The number of nitrogens with zero attached hydrogens (tertiary/aromatic N) is 3. The van der Waals surface area contributed by atoms with Crippen molar-refractivity contribution in [3.8, 4) is 0 Å². The second-order valence-electron chi connectivity index (χ2n) is 5.71. The topological polar surface area (TPSA) is 53.5 Å². The molecule has 0 aliphatic carbocycles. The van der Waals surface area contributed by atoms with Crippen LogP contribution in [0.25, 0.3) is 0 Å². The number of alkyl halides is 3. The van der Waals surface area contributed by atoms with E-state index in [0.29, 0.717) is 32.0 Å². The molecule has 2 heterocycles. The van der Waals surface area contributed by atoms with Gasteiger partial charge in [0, 0.05) is 38.6 Å². The number of anilines is 1. The van der Waals surface area contributed by atoms with Crippen LogP contribution in [0.2, 0.25) is 0 Å². The molecule has 0 bridgehead atoms. The van der Waals surface area contributed by atoms with Gasteiger partial charge in [0.05, 0.1) is 11.3 Å². The van der Waals surface area contributed by atoms with Gasteiger partial charge >= 0.3 is 6.18 Å². The van der Waals surface area contributed by atoms with Crippen molar-refractivity contribution in [1.29, 1.82) is 0 Å². The highest BCUT2D eigenvalue weighted by atomic mass is 32.2. The fourth-order valence-electron chi connectivity index (χ4n) is 2.46. The minimum atomic E-state index is -4.38. The molecule has 2 rings (SSSR count). The molecule has 1 aliphatic heterocycles. The van der Waals surface area contributed by atoms with Crippen molar-refractivity contribution in [3.63, 3.8) is 0 Å². The van der Waals surface area contributed by atoms with E-state index in [1.54, 1.807) is 0 Å². The number of halogens is 3. The second kappa shape index (κ2) is 7.04. The Morgan fingerprint density at radius 1 is 1.17 bits per heavy atom.